The van der Waals surface area contributed by atoms with E-state index in [0.29, 0.717) is 37.2 Å². The zero-order valence-corrected chi connectivity index (χ0v) is 15.7. The fraction of sp³-hybridized carbons (Fsp3) is 0.500. The van der Waals surface area contributed by atoms with E-state index in [2.05, 4.69) is 0 Å². The highest BCUT2D eigenvalue weighted by Crippen LogP contribution is 2.11. The molecule has 1 heterocycles. The lowest BCUT2D eigenvalue weighted by Crippen LogP contribution is -2.09. The van der Waals surface area contributed by atoms with Crippen molar-refractivity contribution in [1.29, 1.82) is 0 Å². The average molecular weight is 394 g/mol. The van der Waals surface area contributed by atoms with Crippen molar-refractivity contribution in [3.05, 3.63) is 35.4 Å². The number of carboxylic acid groups (broad SMARTS) is 2. The first-order chi connectivity index (χ1) is 13.4. The van der Waals surface area contributed by atoms with Crippen LogP contribution in [0.5, 0.6) is 0 Å². The van der Waals surface area contributed by atoms with Crippen molar-refractivity contribution in [1.82, 2.24) is 0 Å². The number of hydrogen-bond acceptors (Lipinski definition) is 6. The van der Waals surface area contributed by atoms with Crippen LogP contribution in [-0.2, 0) is 19.1 Å². The zero-order valence-electron chi connectivity index (χ0n) is 15.7. The second-order valence-corrected chi connectivity index (χ2v) is 6.26. The minimum absolute atomic E-state index is 0.0628. The topological polar surface area (TPSA) is 127 Å². The summed E-state index contributed by atoms with van der Waals surface area (Å²) in [7, 11) is 0. The van der Waals surface area contributed by atoms with Gasteiger partial charge in [0.15, 0.2) is 0 Å². The van der Waals surface area contributed by atoms with E-state index >= 15 is 0 Å². The molecule has 0 aromatic heterocycles. The number of esters is 2. The van der Waals surface area contributed by atoms with E-state index in [-0.39, 0.29) is 24.8 Å². The summed E-state index contributed by atoms with van der Waals surface area (Å²) in [5.74, 6) is -2.51. The molecule has 8 heteroatoms. The SMILES string of the molecule is O=C(O)CCCCC(=O)O.O=C1OCCCCCCOC(=O)c2cccc1c2. The van der Waals surface area contributed by atoms with Gasteiger partial charge in [-0.25, -0.2) is 9.59 Å². The van der Waals surface area contributed by atoms with Crippen LogP contribution in [-0.4, -0.2) is 47.3 Å². The Morgan fingerprint density at radius 1 is 0.786 bits per heavy atom. The van der Waals surface area contributed by atoms with Crippen LogP contribution in [0, 0.1) is 0 Å². The van der Waals surface area contributed by atoms with Crippen LogP contribution >= 0.6 is 0 Å². The van der Waals surface area contributed by atoms with E-state index < -0.39 is 11.9 Å². The lowest BCUT2D eigenvalue weighted by Gasteiger charge is -2.05. The summed E-state index contributed by atoms with van der Waals surface area (Å²) in [5, 5.41) is 16.3. The maximum absolute atomic E-state index is 11.7. The van der Waals surface area contributed by atoms with Crippen molar-refractivity contribution in [2.24, 2.45) is 0 Å². The molecule has 0 unspecified atom stereocenters. The standard InChI is InChI=1S/C14H16O4.C6H10O4/c15-13-11-6-5-7-12(10-11)14(16)18-9-4-2-1-3-8-17-13;7-5(8)3-1-2-4-6(9)10/h5-7,10H,1-4,8-9H2;1-4H2,(H,7,8)(H,9,10). The summed E-state index contributed by atoms with van der Waals surface area (Å²) in [6.07, 6.45) is 4.66. The summed E-state index contributed by atoms with van der Waals surface area (Å²) in [5.41, 5.74) is 0.785. The molecule has 0 saturated heterocycles. The summed E-state index contributed by atoms with van der Waals surface area (Å²) >= 11 is 0. The van der Waals surface area contributed by atoms with Crippen LogP contribution in [0.25, 0.3) is 0 Å². The molecule has 28 heavy (non-hydrogen) atoms. The molecule has 154 valence electrons. The highest BCUT2D eigenvalue weighted by atomic mass is 16.5. The Labute approximate surface area is 163 Å². The third kappa shape index (κ3) is 10.3. The van der Waals surface area contributed by atoms with Gasteiger partial charge in [-0.15, -0.1) is 0 Å². The lowest BCUT2D eigenvalue weighted by molar-refractivity contribution is -0.139. The van der Waals surface area contributed by atoms with Crippen molar-refractivity contribution >= 4 is 23.9 Å². The molecular formula is C20H26O8. The molecule has 2 rings (SSSR count). The lowest BCUT2D eigenvalue weighted by atomic mass is 10.1. The van der Waals surface area contributed by atoms with E-state index in [1.165, 1.54) is 6.07 Å². The van der Waals surface area contributed by atoms with Crippen LogP contribution in [0.2, 0.25) is 0 Å². The van der Waals surface area contributed by atoms with Crippen LogP contribution in [0.3, 0.4) is 0 Å². The van der Waals surface area contributed by atoms with Gasteiger partial charge in [-0.1, -0.05) is 6.07 Å². The molecule has 0 amide bonds. The number of rotatable bonds is 5. The molecule has 8 nitrogen and oxygen atoms in total. The van der Waals surface area contributed by atoms with Crippen molar-refractivity contribution in [3.8, 4) is 0 Å². The molecule has 0 spiro atoms. The number of unbranched alkanes of at least 4 members (excludes halogenated alkanes) is 1. The zero-order chi connectivity index (χ0) is 20.8. The fourth-order valence-electron chi connectivity index (χ4n) is 2.38. The molecule has 1 aromatic rings. The number of carbonyl (C=O) groups excluding carboxylic acids is 2. The number of carboxylic acids is 2. The van der Waals surface area contributed by atoms with Gasteiger partial charge < -0.3 is 19.7 Å². The first-order valence-corrected chi connectivity index (χ1v) is 9.28. The van der Waals surface area contributed by atoms with Crippen molar-refractivity contribution in [3.63, 3.8) is 0 Å². The van der Waals surface area contributed by atoms with Gasteiger partial charge in [-0.2, -0.15) is 0 Å². The van der Waals surface area contributed by atoms with Crippen molar-refractivity contribution in [2.45, 2.75) is 51.4 Å². The van der Waals surface area contributed by atoms with Crippen molar-refractivity contribution < 1.29 is 38.9 Å². The highest BCUT2D eigenvalue weighted by molar-refractivity contribution is 5.95. The first kappa shape index (κ1) is 23.1. The Bertz CT molecular complexity index is 615. The van der Waals surface area contributed by atoms with Crippen LogP contribution in [0.1, 0.15) is 72.1 Å². The maximum Gasteiger partial charge on any atom is 0.338 e. The summed E-state index contributed by atoms with van der Waals surface area (Å²) in [6.45, 7) is 0.857. The van der Waals surface area contributed by atoms with E-state index in [9.17, 15) is 19.2 Å². The van der Waals surface area contributed by atoms with Gasteiger partial charge in [0.1, 0.15) is 0 Å². The van der Waals surface area contributed by atoms with Gasteiger partial charge in [0, 0.05) is 12.8 Å². The van der Waals surface area contributed by atoms with Crippen LogP contribution < -0.4 is 0 Å². The molecule has 0 atom stereocenters. The van der Waals surface area contributed by atoms with Gasteiger partial charge in [-0.05, 0) is 56.7 Å². The average Bonchev–Trinajstić information content (AvgIpc) is 2.67. The Morgan fingerprint density at radius 3 is 1.61 bits per heavy atom. The van der Waals surface area contributed by atoms with Gasteiger partial charge >= 0.3 is 23.9 Å². The third-order valence-electron chi connectivity index (χ3n) is 3.87. The van der Waals surface area contributed by atoms with E-state index in [4.69, 9.17) is 19.7 Å². The Morgan fingerprint density at radius 2 is 1.21 bits per heavy atom. The van der Waals surface area contributed by atoms with E-state index in [0.717, 1.165) is 25.7 Å². The Hall–Kier alpha value is -2.90. The van der Waals surface area contributed by atoms with Gasteiger partial charge in [0.2, 0.25) is 0 Å². The van der Waals surface area contributed by atoms with E-state index in [1.54, 1.807) is 18.2 Å². The summed E-state index contributed by atoms with van der Waals surface area (Å²) < 4.78 is 10.3. The highest BCUT2D eigenvalue weighted by Gasteiger charge is 2.13. The largest absolute Gasteiger partial charge is 0.481 e. The Balaban J connectivity index is 0.000000336. The number of ether oxygens (including phenoxy) is 2. The Kier molecular flexibility index (Phi) is 11.0. The molecule has 1 aromatic carbocycles. The van der Waals surface area contributed by atoms with E-state index in [1.807, 2.05) is 0 Å². The molecule has 1 aliphatic rings. The molecule has 2 bridgehead atoms. The number of aliphatic carboxylic acids is 2. The number of benzene rings is 1. The maximum atomic E-state index is 11.7. The summed E-state index contributed by atoms with van der Waals surface area (Å²) in [4.78, 5) is 43.2. The number of carbonyl (C=O) groups is 4. The fourth-order valence-corrected chi connectivity index (χ4v) is 2.38. The number of hydrogen-bond donors (Lipinski definition) is 2. The minimum atomic E-state index is -0.870. The molecule has 0 radical (unpaired) electrons. The van der Waals surface area contributed by atoms with Crippen molar-refractivity contribution in [2.75, 3.05) is 13.2 Å². The quantitative estimate of drug-likeness (QED) is 0.575. The first-order valence-electron chi connectivity index (χ1n) is 9.28. The summed E-state index contributed by atoms with van der Waals surface area (Å²) in [6, 6.07) is 6.45. The van der Waals surface area contributed by atoms with Gasteiger partial charge in [-0.3, -0.25) is 9.59 Å². The van der Waals surface area contributed by atoms with Gasteiger partial charge in [0.25, 0.3) is 0 Å². The minimum Gasteiger partial charge on any atom is -0.481 e. The number of cyclic esters (lactones) is 2. The molecule has 0 aliphatic carbocycles. The second kappa shape index (κ2) is 13.3. The normalized spacial score (nSPS) is 14.7. The molecule has 0 saturated carbocycles. The van der Waals surface area contributed by atoms with Crippen LogP contribution in [0.15, 0.2) is 24.3 Å². The third-order valence-corrected chi connectivity index (χ3v) is 3.87. The number of fused-ring (bicyclic) bond motifs is 2. The van der Waals surface area contributed by atoms with Gasteiger partial charge in [0.05, 0.1) is 24.3 Å². The molecule has 0 fully saturated rings. The molecule has 2 N–H and O–H groups in total. The van der Waals surface area contributed by atoms with Crippen LogP contribution in [0.4, 0.5) is 0 Å². The second-order valence-electron chi connectivity index (χ2n) is 6.26. The monoisotopic (exact) mass is 394 g/mol. The smallest absolute Gasteiger partial charge is 0.338 e. The molecular weight excluding hydrogens is 368 g/mol. The predicted octanol–water partition coefficient (Wildman–Crippen LogP) is 3.29. The molecule has 1 aliphatic heterocycles. The predicted molar refractivity (Wildman–Crippen MR) is 99.2 cm³/mol.